The fourth-order valence-electron chi connectivity index (χ4n) is 5.82. The number of alkyl halides is 3. The first-order valence-corrected chi connectivity index (χ1v) is 14.5. The third kappa shape index (κ3) is 6.50. The highest BCUT2D eigenvalue weighted by Gasteiger charge is 2.49. The van der Waals surface area contributed by atoms with E-state index < -0.39 is 23.1 Å². The maximum atomic E-state index is 13.6. The minimum atomic E-state index is -4.29. The lowest BCUT2D eigenvalue weighted by atomic mass is 9.77. The van der Waals surface area contributed by atoms with Crippen LogP contribution in [0.1, 0.15) is 52.9 Å². The number of nitrogens with one attached hydrogen (secondary N) is 1. The first kappa shape index (κ1) is 30.1. The maximum Gasteiger partial charge on any atom is 0.410 e. The molecule has 2 aromatic rings. The second kappa shape index (κ2) is 11.4. The fourth-order valence-corrected chi connectivity index (χ4v) is 6.03. The van der Waals surface area contributed by atoms with E-state index in [0.29, 0.717) is 63.2 Å². The van der Waals surface area contributed by atoms with Gasteiger partial charge in [0.2, 0.25) is 11.9 Å². The Kier molecular flexibility index (Phi) is 8.16. The van der Waals surface area contributed by atoms with Gasteiger partial charge in [0.1, 0.15) is 10.6 Å². The van der Waals surface area contributed by atoms with Crippen molar-refractivity contribution in [1.82, 2.24) is 19.9 Å². The van der Waals surface area contributed by atoms with Crippen LogP contribution in [0.3, 0.4) is 0 Å². The number of pyridine rings is 1. The summed E-state index contributed by atoms with van der Waals surface area (Å²) in [6.07, 6.45) is 2.10. The predicted octanol–water partition coefficient (Wildman–Crippen LogP) is 5.80. The predicted molar refractivity (Wildman–Crippen MR) is 152 cm³/mol. The number of ether oxygens (including phenoxy) is 1. The number of likely N-dealkylation sites (tertiary alicyclic amines) is 1. The third-order valence-corrected chi connectivity index (χ3v) is 8.35. The molecule has 3 saturated heterocycles. The second-order valence-electron chi connectivity index (χ2n) is 12.2. The Morgan fingerprint density at radius 2 is 1.81 bits per heavy atom. The molecule has 0 radical (unpaired) electrons. The van der Waals surface area contributed by atoms with Crippen molar-refractivity contribution in [2.24, 2.45) is 11.3 Å². The lowest BCUT2D eigenvalue weighted by Crippen LogP contribution is -2.48. The zero-order chi connectivity index (χ0) is 30.3. The summed E-state index contributed by atoms with van der Waals surface area (Å²) in [7, 11) is 0. The highest BCUT2D eigenvalue weighted by molar-refractivity contribution is 6.32. The van der Waals surface area contributed by atoms with E-state index in [2.05, 4.69) is 20.3 Å². The molecule has 5 heterocycles. The Morgan fingerprint density at radius 1 is 1.10 bits per heavy atom. The minimum absolute atomic E-state index is 0.000338. The van der Waals surface area contributed by atoms with Gasteiger partial charge < -0.3 is 24.8 Å². The van der Waals surface area contributed by atoms with Crippen LogP contribution in [0.4, 0.5) is 41.1 Å². The van der Waals surface area contributed by atoms with Crippen LogP contribution in [0.25, 0.3) is 0 Å². The number of hydrogen-bond donors (Lipinski definition) is 1. The van der Waals surface area contributed by atoms with Crippen LogP contribution in [0, 0.1) is 11.3 Å². The molecule has 42 heavy (non-hydrogen) atoms. The van der Waals surface area contributed by atoms with Gasteiger partial charge in [-0.25, -0.2) is 9.78 Å². The largest absolute Gasteiger partial charge is 0.444 e. The third-order valence-electron chi connectivity index (χ3n) is 8.09. The summed E-state index contributed by atoms with van der Waals surface area (Å²) < 4.78 is 45.5. The molecule has 0 aromatic carbocycles. The van der Waals surface area contributed by atoms with E-state index >= 15 is 0 Å². The van der Waals surface area contributed by atoms with Crippen molar-refractivity contribution in [2.75, 3.05) is 47.8 Å². The van der Waals surface area contributed by atoms with Gasteiger partial charge >= 0.3 is 12.3 Å². The molecule has 1 spiro atoms. The van der Waals surface area contributed by atoms with Crippen LogP contribution >= 0.6 is 11.6 Å². The zero-order valence-corrected chi connectivity index (χ0v) is 24.6. The van der Waals surface area contributed by atoms with Crippen molar-refractivity contribution in [2.45, 2.75) is 64.7 Å². The van der Waals surface area contributed by atoms with Crippen LogP contribution in [0.2, 0.25) is 5.02 Å². The van der Waals surface area contributed by atoms with Gasteiger partial charge in [-0.2, -0.15) is 18.2 Å². The van der Waals surface area contributed by atoms with Gasteiger partial charge in [0.05, 0.1) is 41.3 Å². The number of anilines is 4. The summed E-state index contributed by atoms with van der Waals surface area (Å²) in [5.41, 5.74) is -0.00447. The molecule has 1 N–H and O–H groups in total. The molecule has 14 heteroatoms. The standard InChI is InChI=1S/C28H35ClF3N7O3/c1-26(2,3)42-25(41)37-10-6-27(7-11-37)8-12-39(23(27)40)20-13-19(14-33-15-20)35-24-34-16-21(29)22(36-24)38-9-4-5-18(17-38)28(30,31)32/h13-16,18H,4-12,17H2,1-3H3,(H,34,35,36)/t18-/m0/s1. The molecular formula is C28H35ClF3N7O3. The van der Waals surface area contributed by atoms with E-state index in [-0.39, 0.29) is 41.8 Å². The lowest BCUT2D eigenvalue weighted by molar-refractivity contribution is -0.176. The Balaban J connectivity index is 1.25. The van der Waals surface area contributed by atoms with Gasteiger partial charge in [-0.1, -0.05) is 11.6 Å². The zero-order valence-electron chi connectivity index (χ0n) is 23.9. The molecule has 3 aliphatic rings. The van der Waals surface area contributed by atoms with Crippen molar-refractivity contribution in [3.63, 3.8) is 0 Å². The molecule has 5 rings (SSSR count). The van der Waals surface area contributed by atoms with Crippen LogP contribution in [-0.4, -0.2) is 76.4 Å². The minimum Gasteiger partial charge on any atom is -0.444 e. The Morgan fingerprint density at radius 3 is 2.50 bits per heavy atom. The monoisotopic (exact) mass is 609 g/mol. The van der Waals surface area contributed by atoms with E-state index in [4.69, 9.17) is 16.3 Å². The summed E-state index contributed by atoms with van der Waals surface area (Å²) in [6, 6.07) is 1.76. The molecule has 228 valence electrons. The molecule has 2 aromatic heterocycles. The number of amides is 2. The summed E-state index contributed by atoms with van der Waals surface area (Å²) >= 11 is 6.29. The number of hydrogen-bond acceptors (Lipinski definition) is 8. The van der Waals surface area contributed by atoms with Crippen molar-refractivity contribution in [3.05, 3.63) is 29.7 Å². The molecule has 0 bridgehead atoms. The first-order chi connectivity index (χ1) is 19.7. The van der Waals surface area contributed by atoms with Gasteiger partial charge in [0.25, 0.3) is 0 Å². The van der Waals surface area contributed by atoms with Gasteiger partial charge in [-0.3, -0.25) is 9.78 Å². The average molecular weight is 610 g/mol. The van der Waals surface area contributed by atoms with Crippen LogP contribution < -0.4 is 15.1 Å². The van der Waals surface area contributed by atoms with E-state index in [1.54, 1.807) is 33.2 Å². The Bertz CT molecular complexity index is 1330. The molecule has 1 atom stereocenters. The normalized spacial score (nSPS) is 21.2. The van der Waals surface area contributed by atoms with Crippen molar-refractivity contribution < 1.29 is 27.5 Å². The Hall–Kier alpha value is -3.35. The average Bonchev–Trinajstić information content (AvgIpc) is 3.24. The van der Waals surface area contributed by atoms with E-state index in [1.807, 2.05) is 20.8 Å². The number of nitrogens with zero attached hydrogens (tertiary/aromatic N) is 6. The summed E-state index contributed by atoms with van der Waals surface area (Å²) in [5.74, 6) is -1.05. The molecule has 3 aliphatic heterocycles. The van der Waals surface area contributed by atoms with Gasteiger partial charge in [-0.05, 0) is 58.9 Å². The Labute approximate surface area is 247 Å². The van der Waals surface area contributed by atoms with E-state index in [9.17, 15) is 22.8 Å². The molecule has 3 fully saturated rings. The number of piperidine rings is 2. The number of aromatic nitrogens is 3. The maximum absolute atomic E-state index is 13.6. The number of halogens is 4. The topological polar surface area (TPSA) is 104 Å². The highest BCUT2D eigenvalue weighted by atomic mass is 35.5. The van der Waals surface area contributed by atoms with Crippen molar-refractivity contribution in [3.8, 4) is 0 Å². The van der Waals surface area contributed by atoms with Crippen LogP contribution in [0.5, 0.6) is 0 Å². The quantitative estimate of drug-likeness (QED) is 0.464. The van der Waals surface area contributed by atoms with Crippen LogP contribution in [-0.2, 0) is 9.53 Å². The molecule has 0 aliphatic carbocycles. The van der Waals surface area contributed by atoms with Gasteiger partial charge in [-0.15, -0.1) is 0 Å². The second-order valence-corrected chi connectivity index (χ2v) is 12.6. The number of carbonyl (C=O) groups is 2. The van der Waals surface area contributed by atoms with E-state index in [0.717, 1.165) is 0 Å². The number of carbonyl (C=O) groups excluding carboxylic acids is 2. The molecule has 0 unspecified atom stereocenters. The first-order valence-electron chi connectivity index (χ1n) is 14.1. The molecular weight excluding hydrogens is 575 g/mol. The summed E-state index contributed by atoms with van der Waals surface area (Å²) in [6.45, 7) is 7.09. The lowest BCUT2D eigenvalue weighted by Gasteiger charge is -2.38. The fraction of sp³-hybridized carbons (Fsp3) is 0.607. The number of rotatable bonds is 4. The molecule has 10 nitrogen and oxygen atoms in total. The van der Waals surface area contributed by atoms with Gasteiger partial charge in [0.15, 0.2) is 5.82 Å². The van der Waals surface area contributed by atoms with Crippen molar-refractivity contribution in [1.29, 1.82) is 0 Å². The van der Waals surface area contributed by atoms with Crippen LogP contribution in [0.15, 0.2) is 24.7 Å². The highest BCUT2D eigenvalue weighted by Crippen LogP contribution is 2.43. The summed E-state index contributed by atoms with van der Waals surface area (Å²) in [4.78, 5) is 43.9. The van der Waals surface area contributed by atoms with Gasteiger partial charge in [0, 0.05) is 32.7 Å². The smallest absolute Gasteiger partial charge is 0.410 e. The summed E-state index contributed by atoms with van der Waals surface area (Å²) in [5, 5.41) is 3.22. The van der Waals surface area contributed by atoms with Crippen molar-refractivity contribution >= 4 is 46.7 Å². The van der Waals surface area contributed by atoms with E-state index in [1.165, 1.54) is 6.20 Å². The SMILES string of the molecule is CC(C)(C)OC(=O)N1CCC2(CC1)CCN(c1cncc(Nc3ncc(Cl)c(N4CCC[C@H](C(F)(F)F)C4)n3)c1)C2=O. The molecule has 2 amide bonds. The molecule has 0 saturated carbocycles.